The average Bonchev–Trinajstić information content (AvgIpc) is 3.52. The summed E-state index contributed by atoms with van der Waals surface area (Å²) in [7, 11) is 0. The van der Waals surface area contributed by atoms with Crippen LogP contribution in [0.1, 0.15) is 44.5 Å². The molecule has 0 amide bonds. The molecule has 0 heterocycles. The number of rotatable bonds is 13. The Morgan fingerprint density at radius 3 is 0.688 bits per heavy atom. The van der Waals surface area contributed by atoms with Gasteiger partial charge in [0.05, 0.1) is 11.4 Å². The zero-order valence-corrected chi connectivity index (χ0v) is 47.0. The van der Waals surface area contributed by atoms with Crippen LogP contribution in [0.5, 0.6) is 0 Å². The van der Waals surface area contributed by atoms with Crippen molar-refractivity contribution in [2.24, 2.45) is 0 Å². The first-order valence-corrected chi connectivity index (χ1v) is 27.8. The zero-order valence-electron chi connectivity index (χ0n) is 47.0. The van der Waals surface area contributed by atoms with Gasteiger partial charge in [0.2, 0.25) is 0 Å². The van der Waals surface area contributed by atoms with Gasteiger partial charge in [-0.3, -0.25) is 0 Å². The Hall–Kier alpha value is -9.64. The zero-order chi connectivity index (χ0) is 55.0. The van der Waals surface area contributed by atoms with Crippen LogP contribution < -0.4 is 19.6 Å². The Morgan fingerprint density at radius 1 is 0.188 bits per heavy atom. The molecule has 0 aromatic heterocycles. The first kappa shape index (κ1) is 51.1. The molecule has 0 aliphatic heterocycles. The number of hydrogen-bond acceptors (Lipinski definition) is 4. The first-order chi connectivity index (χ1) is 38.9. The second-order valence-electron chi connectivity index (χ2n) is 21.8. The van der Waals surface area contributed by atoms with Crippen LogP contribution in [0.15, 0.2) is 255 Å². The lowest BCUT2D eigenvalue weighted by molar-refractivity contribution is 1.23. The molecule has 12 aromatic rings. The summed E-state index contributed by atoms with van der Waals surface area (Å²) in [5.74, 6) is 0. The van der Waals surface area contributed by atoms with Crippen molar-refractivity contribution < 1.29 is 0 Å². The maximum absolute atomic E-state index is 2.40. The van der Waals surface area contributed by atoms with Gasteiger partial charge in [-0.25, -0.2) is 0 Å². The highest BCUT2D eigenvalue weighted by atomic mass is 15.2. The van der Waals surface area contributed by atoms with Crippen molar-refractivity contribution >= 4 is 89.8 Å². The summed E-state index contributed by atoms with van der Waals surface area (Å²) in [6.07, 6.45) is 0. The van der Waals surface area contributed by atoms with E-state index >= 15 is 0 Å². The molecule has 80 heavy (non-hydrogen) atoms. The fourth-order valence-electron chi connectivity index (χ4n) is 12.0. The van der Waals surface area contributed by atoms with E-state index in [0.29, 0.717) is 0 Å². The van der Waals surface area contributed by atoms with Gasteiger partial charge in [0.15, 0.2) is 0 Å². The third kappa shape index (κ3) is 10.4. The van der Waals surface area contributed by atoms with E-state index in [-0.39, 0.29) is 0 Å². The Kier molecular flexibility index (Phi) is 13.8. The van der Waals surface area contributed by atoms with Crippen LogP contribution in [0.25, 0.3) is 32.7 Å². The van der Waals surface area contributed by atoms with Crippen LogP contribution in [0.2, 0.25) is 0 Å². The van der Waals surface area contributed by atoms with Crippen molar-refractivity contribution in [3.05, 3.63) is 299 Å². The molecule has 0 spiro atoms. The SMILES string of the molecule is Cc1cc(C)cc(N(c2ccc(N(c3ccc(-c4ccc(N(c5ccc(N(c6cc(C)cc(C)c6)c6cc(C)cc(C)c6)cc5)c5cccc6ccccc56)cc4)cc3)c3cccc4ccccc34)cc2)c2cc(C)cc(C)c2)c1. The largest absolute Gasteiger partial charge is 0.310 e. The predicted molar refractivity (Wildman–Crippen MR) is 344 cm³/mol. The van der Waals surface area contributed by atoms with Crippen LogP contribution in [0, 0.1) is 55.4 Å². The van der Waals surface area contributed by atoms with Gasteiger partial charge < -0.3 is 19.6 Å². The summed E-state index contributed by atoms with van der Waals surface area (Å²) >= 11 is 0. The van der Waals surface area contributed by atoms with Crippen LogP contribution in [0.4, 0.5) is 68.2 Å². The highest BCUT2D eigenvalue weighted by Gasteiger charge is 2.22. The Bertz CT molecular complexity index is 3740. The van der Waals surface area contributed by atoms with Gasteiger partial charge in [0.25, 0.3) is 0 Å². The fraction of sp³-hybridized carbons (Fsp3) is 0.105. The summed E-state index contributed by atoms with van der Waals surface area (Å²) < 4.78 is 0. The molecule has 12 aromatic carbocycles. The quantitative estimate of drug-likeness (QED) is 0.114. The third-order valence-corrected chi connectivity index (χ3v) is 15.2. The molecule has 0 saturated heterocycles. The number of hydrogen-bond donors (Lipinski definition) is 0. The standard InChI is InChI=1S/C76H66N4/c1-51-39-52(2)44-69(43-51)77(70-45-53(3)40-54(4)46-70)63-31-35-67(36-32-63)79(75-21-13-17-61-15-9-11-19-73(61)75)65-27-23-59(24-28-65)60-25-29-66(30-26-60)80(76-22-14-18-62-16-10-12-20-74(62)76)68-37-33-64(34-38-68)78(71-47-55(5)41-56(6)48-71)72-49-57(7)42-58(8)50-72/h9-50H,1-8H3. The molecule has 390 valence electrons. The van der Waals surface area contributed by atoms with Crippen molar-refractivity contribution in [1.29, 1.82) is 0 Å². The lowest BCUT2D eigenvalue weighted by Gasteiger charge is -2.30. The van der Waals surface area contributed by atoms with E-state index in [4.69, 9.17) is 0 Å². The highest BCUT2D eigenvalue weighted by Crippen LogP contribution is 2.45. The lowest BCUT2D eigenvalue weighted by atomic mass is 10.0. The fourth-order valence-corrected chi connectivity index (χ4v) is 12.0. The van der Waals surface area contributed by atoms with Gasteiger partial charge in [0, 0.05) is 67.6 Å². The average molecular weight is 1040 g/mol. The molecular weight excluding hydrogens is 969 g/mol. The van der Waals surface area contributed by atoms with Gasteiger partial charge in [-0.15, -0.1) is 0 Å². The van der Waals surface area contributed by atoms with E-state index in [1.165, 1.54) is 66.1 Å². The molecule has 0 bridgehead atoms. The van der Waals surface area contributed by atoms with E-state index in [1.807, 2.05) is 0 Å². The third-order valence-electron chi connectivity index (χ3n) is 15.2. The van der Waals surface area contributed by atoms with Gasteiger partial charge in [0.1, 0.15) is 0 Å². The Balaban J connectivity index is 0.902. The summed E-state index contributed by atoms with van der Waals surface area (Å²) in [5.41, 5.74) is 25.5. The first-order valence-electron chi connectivity index (χ1n) is 27.8. The van der Waals surface area contributed by atoms with Crippen molar-refractivity contribution in [3.63, 3.8) is 0 Å². The smallest absolute Gasteiger partial charge is 0.0540 e. The van der Waals surface area contributed by atoms with E-state index in [9.17, 15) is 0 Å². The van der Waals surface area contributed by atoms with Gasteiger partial charge >= 0.3 is 0 Å². The van der Waals surface area contributed by atoms with Gasteiger partial charge in [-0.2, -0.15) is 0 Å². The second-order valence-corrected chi connectivity index (χ2v) is 21.8. The number of aryl methyl sites for hydroxylation is 8. The monoisotopic (exact) mass is 1030 g/mol. The summed E-state index contributed by atoms with van der Waals surface area (Å²) in [5, 5.41) is 4.78. The van der Waals surface area contributed by atoms with Gasteiger partial charge in [-0.1, -0.05) is 121 Å². The summed E-state index contributed by atoms with van der Waals surface area (Å²) in [6.45, 7) is 17.4. The predicted octanol–water partition coefficient (Wildman–Crippen LogP) is 22.0. The molecule has 4 heteroatoms. The molecule has 0 unspecified atom stereocenters. The molecule has 12 rings (SSSR count). The molecular formula is C76H66N4. The van der Waals surface area contributed by atoms with E-state index in [2.05, 4.69) is 330 Å². The van der Waals surface area contributed by atoms with Crippen LogP contribution in [0.3, 0.4) is 0 Å². The molecule has 0 aliphatic rings. The number of anilines is 12. The maximum atomic E-state index is 2.40. The minimum Gasteiger partial charge on any atom is -0.310 e. The maximum Gasteiger partial charge on any atom is 0.0540 e. The molecule has 0 fully saturated rings. The number of nitrogens with zero attached hydrogens (tertiary/aromatic N) is 4. The summed E-state index contributed by atoms with van der Waals surface area (Å²) in [4.78, 5) is 9.57. The minimum absolute atomic E-state index is 1.08. The van der Waals surface area contributed by atoms with Crippen LogP contribution in [-0.2, 0) is 0 Å². The minimum atomic E-state index is 1.08. The normalized spacial score (nSPS) is 11.2. The van der Waals surface area contributed by atoms with Crippen molar-refractivity contribution in [2.45, 2.75) is 55.4 Å². The number of benzene rings is 12. The van der Waals surface area contributed by atoms with Crippen LogP contribution >= 0.6 is 0 Å². The van der Waals surface area contributed by atoms with Crippen LogP contribution in [-0.4, -0.2) is 0 Å². The molecule has 0 N–H and O–H groups in total. The Labute approximate surface area is 472 Å². The highest BCUT2D eigenvalue weighted by molar-refractivity contribution is 6.01. The van der Waals surface area contributed by atoms with Gasteiger partial charge in [-0.05, 0) is 255 Å². The molecule has 0 atom stereocenters. The number of fused-ring (bicyclic) bond motifs is 2. The second kappa shape index (κ2) is 21.6. The lowest BCUT2D eigenvalue weighted by Crippen LogP contribution is -2.13. The molecule has 4 nitrogen and oxygen atoms in total. The topological polar surface area (TPSA) is 13.0 Å². The van der Waals surface area contributed by atoms with E-state index in [0.717, 1.165) is 79.4 Å². The van der Waals surface area contributed by atoms with E-state index < -0.39 is 0 Å². The molecule has 0 aliphatic carbocycles. The van der Waals surface area contributed by atoms with E-state index in [1.54, 1.807) is 0 Å². The van der Waals surface area contributed by atoms with Crippen molar-refractivity contribution in [1.82, 2.24) is 0 Å². The summed E-state index contributed by atoms with van der Waals surface area (Å²) in [6, 6.07) is 94.0. The Morgan fingerprint density at radius 2 is 0.412 bits per heavy atom. The molecule has 0 saturated carbocycles. The van der Waals surface area contributed by atoms with Crippen molar-refractivity contribution in [2.75, 3.05) is 19.6 Å². The van der Waals surface area contributed by atoms with Crippen molar-refractivity contribution in [3.8, 4) is 11.1 Å². The molecule has 0 radical (unpaired) electrons.